The second-order valence-electron chi connectivity index (χ2n) is 7.69. The summed E-state index contributed by atoms with van der Waals surface area (Å²) in [5.74, 6) is -2.37. The fourth-order valence-corrected chi connectivity index (χ4v) is 3.01. The first-order valence-corrected chi connectivity index (χ1v) is 9.96. The molecule has 0 unspecified atom stereocenters. The van der Waals surface area contributed by atoms with Gasteiger partial charge in [-0.05, 0) is 32.4 Å². The van der Waals surface area contributed by atoms with Gasteiger partial charge in [-0.15, -0.1) is 0 Å². The van der Waals surface area contributed by atoms with Crippen molar-refractivity contribution in [2.45, 2.75) is 38.5 Å². The Kier molecular flexibility index (Phi) is 8.25. The first kappa shape index (κ1) is 25.2. The minimum absolute atomic E-state index is 0.0304. The fourth-order valence-electron chi connectivity index (χ4n) is 3.01. The zero-order valence-electron chi connectivity index (χ0n) is 17.7. The molecular formula is C21H26F3N3O5. The van der Waals surface area contributed by atoms with Gasteiger partial charge in [-0.25, -0.2) is 4.79 Å². The third-order valence-corrected chi connectivity index (χ3v) is 5.26. The van der Waals surface area contributed by atoms with Crippen LogP contribution in [0.25, 0.3) is 0 Å². The Morgan fingerprint density at radius 2 is 1.69 bits per heavy atom. The normalized spacial score (nSPS) is 24.2. The highest BCUT2D eigenvalue weighted by Crippen LogP contribution is 2.28. The van der Waals surface area contributed by atoms with Crippen molar-refractivity contribution in [2.75, 3.05) is 19.7 Å². The predicted molar refractivity (Wildman–Crippen MR) is 109 cm³/mol. The smallest absolute Gasteiger partial charge is 0.489 e. The van der Waals surface area contributed by atoms with E-state index in [2.05, 4.69) is 16.0 Å². The maximum atomic E-state index is 12.7. The Labute approximate surface area is 183 Å². The van der Waals surface area contributed by atoms with Gasteiger partial charge in [0.05, 0.1) is 11.0 Å². The van der Waals surface area contributed by atoms with Crippen LogP contribution in [-0.4, -0.2) is 60.8 Å². The van der Waals surface area contributed by atoms with Crippen molar-refractivity contribution >= 4 is 17.8 Å². The van der Waals surface area contributed by atoms with Gasteiger partial charge >= 0.3 is 12.1 Å². The van der Waals surface area contributed by atoms with Crippen molar-refractivity contribution in [1.82, 2.24) is 16.0 Å². The van der Waals surface area contributed by atoms with E-state index in [0.717, 1.165) is 0 Å². The number of nitrogens with one attached hydrogen (secondary N) is 3. The summed E-state index contributed by atoms with van der Waals surface area (Å²) in [5, 5.41) is 16.3. The van der Waals surface area contributed by atoms with Crippen molar-refractivity contribution in [3.8, 4) is 5.75 Å². The minimum Gasteiger partial charge on any atom is -0.489 e. The highest BCUT2D eigenvalue weighted by Gasteiger charge is 2.43. The molecule has 1 saturated heterocycles. The number of aliphatic carboxylic acids is 1. The summed E-state index contributed by atoms with van der Waals surface area (Å²) in [6, 6.07) is 6.82. The zero-order chi connectivity index (χ0) is 23.9. The Morgan fingerprint density at radius 3 is 2.25 bits per heavy atom. The average molecular weight is 457 g/mol. The highest BCUT2D eigenvalue weighted by molar-refractivity contribution is 5.97. The zero-order valence-corrected chi connectivity index (χ0v) is 17.7. The molecule has 1 spiro atoms. The number of carboxylic acid groups (broad SMARTS) is 1. The van der Waals surface area contributed by atoms with Crippen LogP contribution >= 0.6 is 0 Å². The summed E-state index contributed by atoms with van der Waals surface area (Å²) < 4.78 is 37.5. The Morgan fingerprint density at radius 1 is 1.09 bits per heavy atom. The number of halogens is 3. The molecule has 2 aliphatic heterocycles. The summed E-state index contributed by atoms with van der Waals surface area (Å²) >= 11 is 0. The number of benzene rings is 1. The summed E-state index contributed by atoms with van der Waals surface area (Å²) in [5.41, 5.74) is 0.0919. The van der Waals surface area contributed by atoms with E-state index in [9.17, 15) is 22.8 Å². The van der Waals surface area contributed by atoms with Crippen LogP contribution in [0.1, 0.15) is 30.6 Å². The van der Waals surface area contributed by atoms with Crippen molar-refractivity contribution in [3.05, 3.63) is 42.0 Å². The minimum atomic E-state index is -5.08. The van der Waals surface area contributed by atoms with Crippen molar-refractivity contribution < 1.29 is 37.4 Å². The molecule has 0 aromatic heterocycles. The molecule has 2 atom stereocenters. The van der Waals surface area contributed by atoms with Crippen molar-refractivity contribution in [1.29, 1.82) is 0 Å². The third kappa shape index (κ3) is 6.46. The fraction of sp³-hybridized carbons (Fsp3) is 0.476. The van der Waals surface area contributed by atoms with Crippen molar-refractivity contribution in [3.63, 3.8) is 0 Å². The highest BCUT2D eigenvalue weighted by atomic mass is 19.4. The molecule has 2 aliphatic rings. The number of allylic oxidation sites excluding steroid dienone is 1. The van der Waals surface area contributed by atoms with Gasteiger partial charge in [0, 0.05) is 25.2 Å². The van der Waals surface area contributed by atoms with E-state index in [1.807, 2.05) is 38.1 Å². The lowest BCUT2D eigenvalue weighted by Gasteiger charge is -2.41. The molecule has 2 amide bonds. The predicted octanol–water partition coefficient (Wildman–Crippen LogP) is 1.87. The number of alkyl halides is 3. The van der Waals surface area contributed by atoms with Crippen molar-refractivity contribution in [2.24, 2.45) is 5.41 Å². The number of hydrogen-bond acceptors (Lipinski definition) is 5. The van der Waals surface area contributed by atoms with Crippen LogP contribution in [0.2, 0.25) is 0 Å². The summed E-state index contributed by atoms with van der Waals surface area (Å²) in [6.45, 7) is 5.50. The molecule has 1 aromatic carbocycles. The van der Waals surface area contributed by atoms with Gasteiger partial charge in [0.15, 0.2) is 0 Å². The van der Waals surface area contributed by atoms with E-state index < -0.39 is 17.6 Å². The number of amides is 2. The number of para-hydroxylation sites is 1. The van der Waals surface area contributed by atoms with E-state index in [0.29, 0.717) is 37.4 Å². The Bertz CT molecular complexity index is 868. The van der Waals surface area contributed by atoms with Crippen LogP contribution < -0.4 is 20.7 Å². The average Bonchev–Trinajstić information content (AvgIpc) is 2.68. The molecular weight excluding hydrogens is 431 g/mol. The first-order chi connectivity index (χ1) is 15.0. The van der Waals surface area contributed by atoms with Gasteiger partial charge < -0.3 is 25.8 Å². The van der Waals surface area contributed by atoms with Crippen LogP contribution in [0.3, 0.4) is 0 Å². The molecule has 3 rings (SSSR count). The van der Waals surface area contributed by atoms with E-state index in [4.69, 9.17) is 14.6 Å². The van der Waals surface area contributed by atoms with Gasteiger partial charge in [0.1, 0.15) is 12.4 Å². The van der Waals surface area contributed by atoms with Gasteiger partial charge in [-0.2, -0.15) is 13.2 Å². The monoisotopic (exact) mass is 457 g/mol. The number of carboxylic acids is 1. The number of carbonyl (C=O) groups is 3. The maximum absolute atomic E-state index is 12.7. The summed E-state index contributed by atoms with van der Waals surface area (Å²) in [7, 11) is 0. The molecule has 11 heteroatoms. The van der Waals surface area contributed by atoms with Gasteiger partial charge in [-0.1, -0.05) is 24.3 Å². The van der Waals surface area contributed by atoms with Crippen LogP contribution in [-0.2, 0) is 9.59 Å². The molecule has 1 aromatic rings. The van der Waals surface area contributed by atoms with E-state index >= 15 is 0 Å². The topological polar surface area (TPSA) is 117 Å². The number of hydrogen-bond donors (Lipinski definition) is 4. The number of fused-ring (bicyclic) bond motifs is 1. The molecule has 176 valence electrons. The van der Waals surface area contributed by atoms with Crippen LogP contribution in [0.4, 0.5) is 13.2 Å². The second kappa shape index (κ2) is 10.5. The standard InChI is InChI=1S/C19H25N3O3.C2HF3O2/c1-13-14(2)22-18(24)19(11-20-12-19)9-5-6-10-25-16-8-4-3-7-15(16)17(23)21-13;3-2(4,5)1(6)7/h3-8,13-14,20H,9-12H2,1-2H3,(H,21,23)(H,22,24);(H,6,7)/b6-5-;/t13-,14-;/m1./s1. The molecule has 1 fully saturated rings. The molecule has 2 heterocycles. The number of rotatable bonds is 0. The van der Waals surface area contributed by atoms with Crippen LogP contribution in [0.5, 0.6) is 5.75 Å². The Hall–Kier alpha value is -3.08. The Balaban J connectivity index is 0.000000451. The SMILES string of the molecule is C[C@H]1NC(=O)c2ccccc2OC/C=C\CC2(CNC2)C(=O)N[C@@H]1C.O=C(O)C(F)(F)F. The van der Waals surface area contributed by atoms with Crippen LogP contribution in [0.15, 0.2) is 36.4 Å². The molecule has 8 nitrogen and oxygen atoms in total. The lowest BCUT2D eigenvalue weighted by Crippen LogP contribution is -2.63. The van der Waals surface area contributed by atoms with Gasteiger partial charge in [0.2, 0.25) is 5.91 Å². The van der Waals surface area contributed by atoms with Gasteiger partial charge in [-0.3, -0.25) is 9.59 Å². The van der Waals surface area contributed by atoms with E-state index in [1.54, 1.807) is 12.1 Å². The molecule has 0 bridgehead atoms. The number of ether oxygens (including phenoxy) is 1. The summed E-state index contributed by atoms with van der Waals surface area (Å²) in [4.78, 5) is 34.2. The largest absolute Gasteiger partial charge is 0.490 e. The van der Waals surface area contributed by atoms with Crippen LogP contribution in [0, 0.1) is 5.41 Å². The molecule has 0 aliphatic carbocycles. The lowest BCUT2D eigenvalue weighted by molar-refractivity contribution is -0.192. The molecule has 0 radical (unpaired) electrons. The second-order valence-corrected chi connectivity index (χ2v) is 7.69. The maximum Gasteiger partial charge on any atom is 0.490 e. The first-order valence-electron chi connectivity index (χ1n) is 9.96. The quantitative estimate of drug-likeness (QED) is 0.442. The molecule has 32 heavy (non-hydrogen) atoms. The van der Waals surface area contributed by atoms with E-state index in [-0.39, 0.29) is 23.9 Å². The summed E-state index contributed by atoms with van der Waals surface area (Å²) in [6.07, 6.45) is -0.521. The van der Waals surface area contributed by atoms with Gasteiger partial charge in [0.25, 0.3) is 5.91 Å². The third-order valence-electron chi connectivity index (χ3n) is 5.26. The molecule has 0 saturated carbocycles. The molecule has 4 N–H and O–H groups in total. The lowest BCUT2D eigenvalue weighted by atomic mass is 9.77. The van der Waals surface area contributed by atoms with E-state index in [1.165, 1.54) is 0 Å². The number of carbonyl (C=O) groups excluding carboxylic acids is 2.